The third kappa shape index (κ3) is 414. The monoisotopic (exact) mass is 796 g/mol. The summed E-state index contributed by atoms with van der Waals surface area (Å²) >= 11 is 0. The first-order valence-corrected chi connectivity index (χ1v) is 2.83. The van der Waals surface area contributed by atoms with Crippen molar-refractivity contribution in [3.05, 3.63) is 0 Å². The minimum absolute atomic E-state index is 0. The fourth-order valence-electron chi connectivity index (χ4n) is 0. The van der Waals surface area contributed by atoms with Crippen molar-refractivity contribution in [2.24, 2.45) is 0 Å². The zero-order valence-corrected chi connectivity index (χ0v) is 21.8. The Morgan fingerprint density at radius 1 is 0.250 bits per heavy atom. The van der Waals surface area contributed by atoms with E-state index in [0.717, 1.165) is 0 Å². The molecule has 0 unspecified atom stereocenters. The van der Waals surface area contributed by atoms with Crippen LogP contribution in [-0.4, -0.2) is 29.3 Å². The van der Waals surface area contributed by atoms with Crippen LogP contribution in [0.5, 0.6) is 0 Å². The molecule has 0 N–H and O–H groups in total. The Hall–Kier alpha value is 5.29. The van der Waals surface area contributed by atoms with Crippen LogP contribution in [-0.2, 0) is 0 Å². The van der Waals surface area contributed by atoms with Crippen molar-refractivity contribution >= 4 is 29.3 Å². The third-order valence-electron chi connectivity index (χ3n) is 0. The number of rotatable bonds is 0. The molecule has 0 aliphatic carbocycles. The van der Waals surface area contributed by atoms with Gasteiger partial charge in [-0.3, -0.25) is 29.3 Å². The Bertz CT molecular complexity index is 70.4. The third-order valence-corrected chi connectivity index (χ3v) is 0. The van der Waals surface area contributed by atoms with Crippen LogP contribution < -0.4 is 60.3 Å². The number of hydrogen-bond acceptors (Lipinski definition) is 12. The van der Waals surface area contributed by atoms with Gasteiger partial charge in [-0.15, -0.1) is 0 Å². The largest absolute Gasteiger partial charge is 3.00 e. The average molecular weight is 796 g/mol. The molecule has 12 nitrogen and oxygen atoms in total. The zero-order chi connectivity index (χ0) is 14.3. The van der Waals surface area contributed by atoms with E-state index in [1.54, 1.807) is 0 Å². The van der Waals surface area contributed by atoms with E-state index < -0.39 is 29.3 Å². The standard InChI is InChI=1S/4BO3.4Ce/c4*2-1(3)4;;;;/q4*-3;4*+3. The van der Waals surface area contributed by atoms with Crippen LogP contribution in [0.3, 0.4) is 0 Å². The molecule has 0 fully saturated rings. The number of hydrogen-bond donors (Lipinski definition) is 0. The van der Waals surface area contributed by atoms with Crippen molar-refractivity contribution in [3.8, 4) is 0 Å². The molecule has 100 valence electrons. The topological polar surface area (TPSA) is 277 Å². The van der Waals surface area contributed by atoms with Gasteiger partial charge in [0.2, 0.25) is 0 Å². The van der Waals surface area contributed by atoms with Gasteiger partial charge in [-0.05, 0) is 0 Å². The van der Waals surface area contributed by atoms with Crippen LogP contribution in [0.4, 0.5) is 0 Å². The average Bonchev–Trinajstić information content (AvgIpc) is 1.76. The van der Waals surface area contributed by atoms with Gasteiger partial charge in [0, 0.05) is 0 Å². The van der Waals surface area contributed by atoms with Crippen molar-refractivity contribution in [1.29, 1.82) is 0 Å². The Balaban J connectivity index is -0.0000000150. The second-order valence-electron chi connectivity index (χ2n) is 1.15. The van der Waals surface area contributed by atoms with E-state index in [9.17, 15) is 0 Å². The van der Waals surface area contributed by atoms with Gasteiger partial charge in [0.25, 0.3) is 0 Å². The Morgan fingerprint density at radius 2 is 0.250 bits per heavy atom. The Kier molecular flexibility index (Phi) is 110. The summed E-state index contributed by atoms with van der Waals surface area (Å²) in [7, 11) is -11.7. The van der Waals surface area contributed by atoms with Crippen LogP contribution in [0.15, 0.2) is 0 Å². The molecular formula is B4Ce4O12. The minimum atomic E-state index is -2.92. The van der Waals surface area contributed by atoms with Crippen LogP contribution in [0.1, 0.15) is 0 Å². The van der Waals surface area contributed by atoms with Crippen LogP contribution in [0.25, 0.3) is 0 Å². The molecule has 0 heterocycles. The van der Waals surface area contributed by atoms with Crippen molar-refractivity contribution in [2.75, 3.05) is 0 Å². The predicted octanol–water partition coefficient (Wildman–Crippen LogP) is -15.8. The maximum atomic E-state index is 8.42. The smallest absolute Gasteiger partial charge is 0.907 e. The first-order valence-electron chi connectivity index (χ1n) is 2.83. The second kappa shape index (κ2) is 44.1. The minimum Gasteiger partial charge on any atom is -0.907 e. The first kappa shape index (κ1) is 49.9. The molecular weight excluding hydrogens is 796 g/mol. The normalized spacial score (nSPS) is 5.40. The fraction of sp³-hybridized carbons (Fsp3) is 0. The maximum absolute atomic E-state index is 8.42. The van der Waals surface area contributed by atoms with Crippen LogP contribution >= 0.6 is 0 Å². The van der Waals surface area contributed by atoms with Gasteiger partial charge in [0.05, 0.1) is 0 Å². The summed E-state index contributed by atoms with van der Waals surface area (Å²) in [5.41, 5.74) is 0. The summed E-state index contributed by atoms with van der Waals surface area (Å²) in [6, 6.07) is 0. The molecule has 0 aromatic heterocycles. The van der Waals surface area contributed by atoms with Crippen LogP contribution in [0.2, 0.25) is 0 Å². The molecule has 4 radical (unpaired) electrons. The van der Waals surface area contributed by atoms with E-state index in [4.69, 9.17) is 60.3 Å². The molecule has 0 aromatic carbocycles. The summed E-state index contributed by atoms with van der Waals surface area (Å²) < 4.78 is 0. The van der Waals surface area contributed by atoms with Crippen molar-refractivity contribution in [2.45, 2.75) is 0 Å². The van der Waals surface area contributed by atoms with E-state index >= 15 is 0 Å². The first-order chi connectivity index (χ1) is 6.93. The van der Waals surface area contributed by atoms with E-state index in [1.165, 1.54) is 0 Å². The predicted molar refractivity (Wildman–Crippen MR) is 23.0 cm³/mol. The van der Waals surface area contributed by atoms with Crippen LogP contribution in [0, 0.1) is 167 Å². The molecule has 0 saturated carbocycles. The summed E-state index contributed by atoms with van der Waals surface area (Å²) in [6.45, 7) is 0. The molecule has 0 bridgehead atoms. The van der Waals surface area contributed by atoms with E-state index in [1.807, 2.05) is 0 Å². The van der Waals surface area contributed by atoms with E-state index in [-0.39, 0.29) is 167 Å². The Morgan fingerprint density at radius 3 is 0.250 bits per heavy atom. The summed E-state index contributed by atoms with van der Waals surface area (Å²) in [6.07, 6.45) is 0. The molecule has 0 aliphatic rings. The van der Waals surface area contributed by atoms with Gasteiger partial charge in [0.1, 0.15) is 0 Å². The fourth-order valence-corrected chi connectivity index (χ4v) is 0. The molecule has 20 heteroatoms. The van der Waals surface area contributed by atoms with Crippen molar-refractivity contribution in [3.63, 3.8) is 0 Å². The summed E-state index contributed by atoms with van der Waals surface area (Å²) in [4.78, 5) is 0. The Labute approximate surface area is 250 Å². The van der Waals surface area contributed by atoms with E-state index in [0.29, 0.717) is 0 Å². The van der Waals surface area contributed by atoms with Gasteiger partial charge in [-0.1, -0.05) is 0 Å². The molecule has 0 rings (SSSR count). The maximum Gasteiger partial charge on any atom is 3.00 e. The van der Waals surface area contributed by atoms with Gasteiger partial charge in [-0.2, -0.15) is 0 Å². The molecule has 0 atom stereocenters. The molecule has 0 aromatic rings. The molecule has 0 spiro atoms. The van der Waals surface area contributed by atoms with Gasteiger partial charge < -0.3 is 60.3 Å². The summed E-state index contributed by atoms with van der Waals surface area (Å²) in [5, 5.41) is 101. The molecule has 20 heavy (non-hydrogen) atoms. The van der Waals surface area contributed by atoms with Gasteiger partial charge in [0.15, 0.2) is 0 Å². The van der Waals surface area contributed by atoms with Gasteiger partial charge >= 0.3 is 167 Å². The zero-order valence-electron chi connectivity index (χ0n) is 9.21. The van der Waals surface area contributed by atoms with Gasteiger partial charge in [-0.25, -0.2) is 0 Å². The quantitative estimate of drug-likeness (QED) is 0.207. The van der Waals surface area contributed by atoms with Crippen molar-refractivity contribution in [1.82, 2.24) is 0 Å². The van der Waals surface area contributed by atoms with Crippen molar-refractivity contribution < 1.29 is 227 Å². The molecule has 0 aliphatic heterocycles. The molecule has 0 amide bonds. The second-order valence-corrected chi connectivity index (χ2v) is 1.15. The molecule has 0 saturated heterocycles. The summed E-state index contributed by atoms with van der Waals surface area (Å²) in [5.74, 6) is 0. The van der Waals surface area contributed by atoms with E-state index in [2.05, 4.69) is 0 Å². The SMILES string of the molecule is [Ce+3].[Ce+3].[Ce+3].[Ce+3].[O-]B([O-])[O-].[O-]B([O-])[O-].[O-]B([O-])[O-].[O-]B([O-])[O-].